The van der Waals surface area contributed by atoms with Gasteiger partial charge in [0.1, 0.15) is 5.75 Å². The normalized spacial score (nSPS) is 16.3. The molecule has 1 saturated heterocycles. The van der Waals surface area contributed by atoms with Crippen molar-refractivity contribution in [3.05, 3.63) is 34.7 Å². The summed E-state index contributed by atoms with van der Waals surface area (Å²) in [6.07, 6.45) is 6.43. The van der Waals surface area contributed by atoms with E-state index in [4.69, 9.17) is 4.74 Å². The van der Waals surface area contributed by atoms with Gasteiger partial charge >= 0.3 is 0 Å². The zero-order valence-corrected chi connectivity index (χ0v) is 12.9. The molecule has 1 fully saturated rings. The lowest BCUT2D eigenvalue weighted by molar-refractivity contribution is -0.115. The van der Waals surface area contributed by atoms with Crippen molar-refractivity contribution in [2.45, 2.75) is 32.6 Å². The molecule has 5 heteroatoms. The van der Waals surface area contributed by atoms with Crippen LogP contribution in [0.1, 0.15) is 38.2 Å². The molecule has 21 heavy (non-hydrogen) atoms. The number of hydrogen-bond donors (Lipinski definition) is 1. The van der Waals surface area contributed by atoms with E-state index in [-0.39, 0.29) is 11.1 Å². The van der Waals surface area contributed by atoms with Crippen LogP contribution in [0.4, 0.5) is 4.79 Å². The molecule has 0 aromatic heterocycles. The van der Waals surface area contributed by atoms with E-state index in [1.165, 1.54) is 19.3 Å². The topological polar surface area (TPSA) is 55.4 Å². The summed E-state index contributed by atoms with van der Waals surface area (Å²) in [7, 11) is 0. The minimum Gasteiger partial charge on any atom is -0.494 e. The highest BCUT2D eigenvalue weighted by Crippen LogP contribution is 2.26. The molecule has 1 N–H and O–H groups in total. The van der Waals surface area contributed by atoms with Crippen LogP contribution >= 0.6 is 11.8 Å². The number of ether oxygens (including phenoxy) is 1. The predicted molar refractivity (Wildman–Crippen MR) is 85.2 cm³/mol. The van der Waals surface area contributed by atoms with E-state index in [1.807, 2.05) is 24.3 Å². The molecule has 2 amide bonds. The fourth-order valence-electron chi connectivity index (χ4n) is 1.95. The van der Waals surface area contributed by atoms with Crippen LogP contribution in [0.2, 0.25) is 0 Å². The third-order valence-electron chi connectivity index (χ3n) is 3.09. The molecule has 1 heterocycles. The molecule has 2 rings (SSSR count). The van der Waals surface area contributed by atoms with Crippen LogP contribution in [0.3, 0.4) is 0 Å². The average Bonchev–Trinajstić information content (AvgIpc) is 2.78. The summed E-state index contributed by atoms with van der Waals surface area (Å²) in [6, 6.07) is 7.52. The fraction of sp³-hybridized carbons (Fsp3) is 0.375. The molecule has 4 nitrogen and oxygen atoms in total. The van der Waals surface area contributed by atoms with Crippen molar-refractivity contribution in [1.82, 2.24) is 5.32 Å². The van der Waals surface area contributed by atoms with E-state index in [1.54, 1.807) is 6.08 Å². The van der Waals surface area contributed by atoms with E-state index in [0.29, 0.717) is 4.91 Å². The van der Waals surface area contributed by atoms with Gasteiger partial charge < -0.3 is 4.74 Å². The van der Waals surface area contributed by atoms with Crippen molar-refractivity contribution in [1.29, 1.82) is 0 Å². The Morgan fingerprint density at radius 1 is 1.14 bits per heavy atom. The molecule has 1 aliphatic heterocycles. The van der Waals surface area contributed by atoms with Gasteiger partial charge in [-0.3, -0.25) is 14.9 Å². The smallest absolute Gasteiger partial charge is 0.290 e. The Balaban J connectivity index is 1.86. The maximum Gasteiger partial charge on any atom is 0.290 e. The number of carbonyl (C=O) groups is 2. The summed E-state index contributed by atoms with van der Waals surface area (Å²) in [5, 5.41) is 1.91. The third kappa shape index (κ3) is 4.93. The molecule has 1 aromatic carbocycles. The lowest BCUT2D eigenvalue weighted by atomic mass is 10.2. The van der Waals surface area contributed by atoms with Crippen molar-refractivity contribution in [3.8, 4) is 5.75 Å². The summed E-state index contributed by atoms with van der Waals surface area (Å²) in [5.74, 6) is 0.495. The highest BCUT2D eigenvalue weighted by atomic mass is 32.2. The van der Waals surface area contributed by atoms with Gasteiger partial charge in [0.25, 0.3) is 11.1 Å². The summed E-state index contributed by atoms with van der Waals surface area (Å²) < 4.78 is 5.66. The van der Waals surface area contributed by atoms with Gasteiger partial charge in [-0.2, -0.15) is 0 Å². The molecule has 112 valence electrons. The van der Waals surface area contributed by atoms with E-state index >= 15 is 0 Å². The first-order valence-electron chi connectivity index (χ1n) is 7.17. The van der Waals surface area contributed by atoms with Gasteiger partial charge in [0.2, 0.25) is 0 Å². The van der Waals surface area contributed by atoms with E-state index in [0.717, 1.165) is 36.1 Å². The number of carbonyl (C=O) groups excluding carboxylic acids is 2. The summed E-state index contributed by atoms with van der Waals surface area (Å²) in [5.41, 5.74) is 0.876. The number of thioether (sulfide) groups is 1. The minimum atomic E-state index is -0.332. The number of amides is 2. The standard InChI is InChI=1S/C16H19NO3S/c1-2-3-4-5-10-20-13-8-6-12(7-9-13)11-14-15(18)17-16(19)21-14/h6-9,11H,2-5,10H2,1H3,(H,17,18,19). The van der Waals surface area contributed by atoms with Crippen molar-refractivity contribution in [2.24, 2.45) is 0 Å². The molecule has 0 spiro atoms. The van der Waals surface area contributed by atoms with Gasteiger partial charge in [-0.1, -0.05) is 38.3 Å². The first-order chi connectivity index (χ1) is 10.2. The molecule has 1 aliphatic rings. The maximum absolute atomic E-state index is 11.4. The van der Waals surface area contributed by atoms with Crippen LogP contribution in [0.5, 0.6) is 5.75 Å². The monoisotopic (exact) mass is 305 g/mol. The fourth-order valence-corrected chi connectivity index (χ4v) is 2.63. The second-order valence-corrected chi connectivity index (χ2v) is 5.85. The number of imide groups is 1. The summed E-state index contributed by atoms with van der Waals surface area (Å²) in [6.45, 7) is 2.91. The van der Waals surface area contributed by atoms with Crippen LogP contribution in [0.15, 0.2) is 29.2 Å². The van der Waals surface area contributed by atoms with Crippen molar-refractivity contribution in [2.75, 3.05) is 6.61 Å². The lowest BCUT2D eigenvalue weighted by Crippen LogP contribution is -2.17. The number of unbranched alkanes of at least 4 members (excludes halogenated alkanes) is 3. The lowest BCUT2D eigenvalue weighted by Gasteiger charge is -2.06. The first kappa shape index (κ1) is 15.6. The Labute approximate surface area is 128 Å². The molecule has 0 aliphatic carbocycles. The van der Waals surface area contributed by atoms with E-state index in [9.17, 15) is 9.59 Å². The predicted octanol–water partition coefficient (Wildman–Crippen LogP) is 3.97. The SMILES string of the molecule is CCCCCCOc1ccc(C=C2SC(=O)NC2=O)cc1. The van der Waals surface area contributed by atoms with Crippen LogP contribution in [0.25, 0.3) is 6.08 Å². The van der Waals surface area contributed by atoms with Gasteiger partial charge in [0.05, 0.1) is 11.5 Å². The second-order valence-electron chi connectivity index (χ2n) is 4.83. The quantitative estimate of drug-likeness (QED) is 0.612. The minimum absolute atomic E-state index is 0.321. The zero-order chi connectivity index (χ0) is 15.1. The van der Waals surface area contributed by atoms with Crippen LogP contribution in [0, 0.1) is 0 Å². The van der Waals surface area contributed by atoms with Crippen molar-refractivity contribution >= 4 is 29.0 Å². The maximum atomic E-state index is 11.4. The van der Waals surface area contributed by atoms with E-state index in [2.05, 4.69) is 12.2 Å². The van der Waals surface area contributed by atoms with Crippen molar-refractivity contribution < 1.29 is 14.3 Å². The largest absolute Gasteiger partial charge is 0.494 e. The highest BCUT2D eigenvalue weighted by molar-refractivity contribution is 8.18. The van der Waals surface area contributed by atoms with E-state index < -0.39 is 0 Å². The van der Waals surface area contributed by atoms with Gasteiger partial charge in [-0.25, -0.2) is 0 Å². The molecule has 0 unspecified atom stereocenters. The number of rotatable bonds is 7. The van der Waals surface area contributed by atoms with Gasteiger partial charge in [0.15, 0.2) is 0 Å². The number of nitrogens with one attached hydrogen (secondary N) is 1. The van der Waals surface area contributed by atoms with Gasteiger partial charge in [0, 0.05) is 0 Å². The average molecular weight is 305 g/mol. The third-order valence-corrected chi connectivity index (χ3v) is 3.90. The van der Waals surface area contributed by atoms with Crippen LogP contribution in [-0.4, -0.2) is 17.8 Å². The Morgan fingerprint density at radius 3 is 2.52 bits per heavy atom. The molecule has 0 saturated carbocycles. The molecule has 0 radical (unpaired) electrons. The summed E-state index contributed by atoms with van der Waals surface area (Å²) in [4.78, 5) is 22.9. The Bertz CT molecular complexity index is 537. The van der Waals surface area contributed by atoms with Crippen molar-refractivity contribution in [3.63, 3.8) is 0 Å². The molecule has 1 aromatic rings. The Morgan fingerprint density at radius 2 is 1.90 bits per heavy atom. The molecule has 0 bridgehead atoms. The van der Waals surface area contributed by atoms with Crippen LogP contribution in [-0.2, 0) is 4.79 Å². The zero-order valence-electron chi connectivity index (χ0n) is 12.1. The highest BCUT2D eigenvalue weighted by Gasteiger charge is 2.24. The molecular weight excluding hydrogens is 286 g/mol. The van der Waals surface area contributed by atoms with Gasteiger partial charge in [-0.05, 0) is 42.0 Å². The molecule has 0 atom stereocenters. The number of benzene rings is 1. The first-order valence-corrected chi connectivity index (χ1v) is 7.98. The Hall–Kier alpha value is -1.75. The molecular formula is C16H19NO3S. The number of hydrogen-bond acceptors (Lipinski definition) is 4. The Kier molecular flexibility index (Phi) is 5.87. The van der Waals surface area contributed by atoms with Crippen LogP contribution < -0.4 is 10.1 Å². The summed E-state index contributed by atoms with van der Waals surface area (Å²) >= 11 is 0.924. The van der Waals surface area contributed by atoms with Gasteiger partial charge in [-0.15, -0.1) is 0 Å². The second kappa shape index (κ2) is 7.88.